The molecule has 0 fully saturated rings. The van der Waals surface area contributed by atoms with Crippen molar-refractivity contribution in [1.82, 2.24) is 0 Å². The lowest BCUT2D eigenvalue weighted by atomic mass is 10.0. The van der Waals surface area contributed by atoms with Gasteiger partial charge >= 0.3 is 0 Å². The molecule has 0 unspecified atom stereocenters. The van der Waals surface area contributed by atoms with Crippen LogP contribution in [0.25, 0.3) is 22.5 Å². The van der Waals surface area contributed by atoms with Crippen LogP contribution >= 0.6 is 0 Å². The van der Waals surface area contributed by atoms with Crippen molar-refractivity contribution in [2.45, 2.75) is 6.92 Å². The van der Waals surface area contributed by atoms with Gasteiger partial charge in [-0.05, 0) is 12.5 Å². The van der Waals surface area contributed by atoms with E-state index in [-0.39, 0.29) is 0 Å². The van der Waals surface area contributed by atoms with Crippen molar-refractivity contribution >= 4 is 0 Å². The van der Waals surface area contributed by atoms with E-state index < -0.39 is 0 Å². The van der Waals surface area contributed by atoms with E-state index in [4.69, 9.17) is 4.42 Å². The highest BCUT2D eigenvalue weighted by molar-refractivity contribution is 5.74. The van der Waals surface area contributed by atoms with Crippen molar-refractivity contribution in [1.29, 1.82) is 0 Å². The SMILES string of the molecule is Cc1c(-c2ccccc2)coc1-c1ccccc1. The Hall–Kier alpha value is -2.28. The zero-order valence-corrected chi connectivity index (χ0v) is 10.3. The maximum atomic E-state index is 5.74. The van der Waals surface area contributed by atoms with Crippen LogP contribution in [0.1, 0.15) is 5.56 Å². The molecule has 0 amide bonds. The van der Waals surface area contributed by atoms with Gasteiger partial charge in [0.15, 0.2) is 0 Å². The molecular weight excluding hydrogens is 220 g/mol. The summed E-state index contributed by atoms with van der Waals surface area (Å²) in [5, 5.41) is 0. The Morgan fingerprint density at radius 3 is 1.89 bits per heavy atom. The molecule has 1 heteroatoms. The van der Waals surface area contributed by atoms with Crippen molar-refractivity contribution in [3.8, 4) is 22.5 Å². The molecule has 0 aliphatic rings. The van der Waals surface area contributed by atoms with Crippen LogP contribution in [0, 0.1) is 6.92 Å². The Kier molecular flexibility index (Phi) is 2.73. The van der Waals surface area contributed by atoms with Gasteiger partial charge in [-0.15, -0.1) is 0 Å². The first-order valence-corrected chi connectivity index (χ1v) is 6.05. The van der Waals surface area contributed by atoms with Gasteiger partial charge in [0.05, 0.1) is 6.26 Å². The Bertz CT molecular complexity index is 579. The van der Waals surface area contributed by atoms with E-state index in [0.717, 1.165) is 16.9 Å². The van der Waals surface area contributed by atoms with Crippen LogP contribution in [0.5, 0.6) is 0 Å². The van der Waals surface area contributed by atoms with Gasteiger partial charge in [-0.1, -0.05) is 60.7 Å². The molecule has 0 N–H and O–H groups in total. The quantitative estimate of drug-likeness (QED) is 0.613. The molecule has 0 saturated heterocycles. The highest BCUT2D eigenvalue weighted by Crippen LogP contribution is 2.33. The van der Waals surface area contributed by atoms with E-state index in [1.807, 2.05) is 42.7 Å². The molecule has 0 spiro atoms. The first-order chi connectivity index (χ1) is 8.86. The zero-order chi connectivity index (χ0) is 12.4. The summed E-state index contributed by atoms with van der Waals surface area (Å²) in [6, 6.07) is 20.5. The van der Waals surface area contributed by atoms with Crippen molar-refractivity contribution in [3.63, 3.8) is 0 Å². The number of rotatable bonds is 2. The lowest BCUT2D eigenvalue weighted by molar-refractivity contribution is 0.581. The number of hydrogen-bond donors (Lipinski definition) is 0. The normalized spacial score (nSPS) is 10.5. The van der Waals surface area contributed by atoms with Crippen LogP contribution in [-0.4, -0.2) is 0 Å². The molecule has 1 heterocycles. The second-order valence-corrected chi connectivity index (χ2v) is 4.34. The van der Waals surface area contributed by atoms with E-state index in [1.54, 1.807) is 0 Å². The molecule has 0 atom stereocenters. The summed E-state index contributed by atoms with van der Waals surface area (Å²) >= 11 is 0. The topological polar surface area (TPSA) is 13.1 Å². The minimum Gasteiger partial charge on any atom is -0.463 e. The molecule has 3 aromatic rings. The average molecular weight is 234 g/mol. The van der Waals surface area contributed by atoms with Gasteiger partial charge in [-0.25, -0.2) is 0 Å². The minimum atomic E-state index is 0.953. The summed E-state index contributed by atoms with van der Waals surface area (Å²) in [6.45, 7) is 2.11. The molecule has 0 aliphatic heterocycles. The third-order valence-electron chi connectivity index (χ3n) is 3.16. The third-order valence-corrected chi connectivity index (χ3v) is 3.16. The maximum absolute atomic E-state index is 5.74. The van der Waals surface area contributed by atoms with Crippen LogP contribution in [0.15, 0.2) is 71.3 Å². The summed E-state index contributed by atoms with van der Waals surface area (Å²) in [5.41, 5.74) is 4.67. The summed E-state index contributed by atoms with van der Waals surface area (Å²) in [4.78, 5) is 0. The second kappa shape index (κ2) is 4.53. The molecule has 1 nitrogen and oxygen atoms in total. The van der Waals surface area contributed by atoms with E-state index in [1.165, 1.54) is 11.1 Å². The smallest absolute Gasteiger partial charge is 0.137 e. The lowest BCUT2D eigenvalue weighted by Crippen LogP contribution is -1.80. The van der Waals surface area contributed by atoms with E-state index in [0.29, 0.717) is 0 Å². The molecule has 2 aromatic carbocycles. The van der Waals surface area contributed by atoms with Gasteiger partial charge in [-0.3, -0.25) is 0 Å². The Morgan fingerprint density at radius 1 is 0.722 bits per heavy atom. The summed E-state index contributed by atoms with van der Waals surface area (Å²) in [7, 11) is 0. The van der Waals surface area contributed by atoms with Gasteiger partial charge in [0.2, 0.25) is 0 Å². The summed E-state index contributed by atoms with van der Waals surface area (Å²) in [5.74, 6) is 0.953. The number of furan rings is 1. The molecule has 0 bridgehead atoms. The van der Waals surface area contributed by atoms with E-state index >= 15 is 0 Å². The molecule has 88 valence electrons. The van der Waals surface area contributed by atoms with Crippen LogP contribution in [0.2, 0.25) is 0 Å². The molecule has 0 radical (unpaired) electrons. The van der Waals surface area contributed by atoms with Crippen molar-refractivity contribution in [2.24, 2.45) is 0 Å². The van der Waals surface area contributed by atoms with Crippen molar-refractivity contribution < 1.29 is 4.42 Å². The highest BCUT2D eigenvalue weighted by atomic mass is 16.3. The Labute approximate surface area is 107 Å². The number of hydrogen-bond acceptors (Lipinski definition) is 1. The first-order valence-electron chi connectivity index (χ1n) is 6.05. The van der Waals surface area contributed by atoms with Crippen molar-refractivity contribution in [2.75, 3.05) is 0 Å². The number of benzene rings is 2. The second-order valence-electron chi connectivity index (χ2n) is 4.34. The fourth-order valence-corrected chi connectivity index (χ4v) is 2.19. The lowest BCUT2D eigenvalue weighted by Gasteiger charge is -2.00. The van der Waals surface area contributed by atoms with Crippen LogP contribution in [-0.2, 0) is 0 Å². The molecule has 3 rings (SSSR count). The largest absolute Gasteiger partial charge is 0.463 e. The predicted molar refractivity (Wildman–Crippen MR) is 74.3 cm³/mol. The van der Waals surface area contributed by atoms with Crippen LogP contribution in [0.4, 0.5) is 0 Å². The van der Waals surface area contributed by atoms with Gasteiger partial charge < -0.3 is 4.42 Å². The van der Waals surface area contributed by atoms with E-state index in [2.05, 4.69) is 31.2 Å². The fourth-order valence-electron chi connectivity index (χ4n) is 2.19. The molecule has 18 heavy (non-hydrogen) atoms. The maximum Gasteiger partial charge on any atom is 0.137 e. The fraction of sp³-hybridized carbons (Fsp3) is 0.0588. The highest BCUT2D eigenvalue weighted by Gasteiger charge is 2.12. The monoisotopic (exact) mass is 234 g/mol. The zero-order valence-electron chi connectivity index (χ0n) is 10.3. The van der Waals surface area contributed by atoms with Crippen molar-refractivity contribution in [3.05, 3.63) is 72.5 Å². The molecular formula is C17H14O. The Balaban J connectivity index is 2.09. The summed E-state index contributed by atoms with van der Waals surface area (Å²) < 4.78 is 5.74. The van der Waals surface area contributed by atoms with E-state index in [9.17, 15) is 0 Å². The summed E-state index contributed by atoms with van der Waals surface area (Å²) in [6.07, 6.45) is 1.84. The third kappa shape index (κ3) is 1.84. The van der Waals surface area contributed by atoms with Gasteiger partial charge in [0, 0.05) is 16.7 Å². The van der Waals surface area contributed by atoms with Gasteiger partial charge in [0.25, 0.3) is 0 Å². The van der Waals surface area contributed by atoms with Gasteiger partial charge in [0.1, 0.15) is 5.76 Å². The molecule has 0 aliphatic carbocycles. The standard InChI is InChI=1S/C17H14O/c1-13-16(14-8-4-2-5-9-14)12-18-17(13)15-10-6-3-7-11-15/h2-12H,1H3. The predicted octanol–water partition coefficient (Wildman–Crippen LogP) is 4.92. The van der Waals surface area contributed by atoms with Crippen LogP contribution in [0.3, 0.4) is 0 Å². The molecule has 1 aromatic heterocycles. The minimum absolute atomic E-state index is 0.953. The van der Waals surface area contributed by atoms with Gasteiger partial charge in [-0.2, -0.15) is 0 Å². The Morgan fingerprint density at radius 2 is 1.28 bits per heavy atom. The first kappa shape index (κ1) is 10.8. The van der Waals surface area contributed by atoms with Crippen LogP contribution < -0.4 is 0 Å². The average Bonchev–Trinajstić information content (AvgIpc) is 2.83. The molecule has 0 saturated carbocycles.